The van der Waals surface area contributed by atoms with Crippen molar-refractivity contribution < 1.29 is 4.74 Å². The number of rotatable bonds is 6. The van der Waals surface area contributed by atoms with Crippen LogP contribution in [0.4, 0.5) is 0 Å². The van der Waals surface area contributed by atoms with Gasteiger partial charge in [-0.05, 0) is 50.4 Å². The van der Waals surface area contributed by atoms with E-state index < -0.39 is 0 Å². The van der Waals surface area contributed by atoms with Crippen molar-refractivity contribution in [1.82, 2.24) is 5.32 Å². The van der Waals surface area contributed by atoms with E-state index >= 15 is 0 Å². The summed E-state index contributed by atoms with van der Waals surface area (Å²) in [4.78, 5) is 1.35. The second-order valence-corrected chi connectivity index (χ2v) is 6.24. The zero-order valence-corrected chi connectivity index (χ0v) is 12.8. The Labute approximate surface area is 121 Å². The van der Waals surface area contributed by atoms with Gasteiger partial charge in [-0.3, -0.25) is 0 Å². The molecule has 3 heteroatoms. The first kappa shape index (κ1) is 14.9. The lowest BCUT2D eigenvalue weighted by molar-refractivity contribution is 0.0315. The van der Waals surface area contributed by atoms with Crippen LogP contribution in [0.5, 0.6) is 0 Å². The molecule has 0 spiro atoms. The van der Waals surface area contributed by atoms with Crippen LogP contribution in [0.3, 0.4) is 0 Å². The SMILES string of the molecule is CCNC(C)c1ccc(SCC2CCCCO2)cc1. The molecule has 1 aliphatic rings. The number of hydrogen-bond donors (Lipinski definition) is 1. The van der Waals surface area contributed by atoms with Crippen molar-refractivity contribution in [3.63, 3.8) is 0 Å². The van der Waals surface area contributed by atoms with Crippen LogP contribution in [-0.2, 0) is 4.74 Å². The number of benzene rings is 1. The summed E-state index contributed by atoms with van der Waals surface area (Å²) in [6, 6.07) is 9.37. The maximum absolute atomic E-state index is 5.76. The molecule has 1 heterocycles. The van der Waals surface area contributed by atoms with E-state index in [4.69, 9.17) is 4.74 Å². The number of ether oxygens (including phenoxy) is 1. The van der Waals surface area contributed by atoms with Gasteiger partial charge in [0.05, 0.1) is 6.10 Å². The zero-order chi connectivity index (χ0) is 13.5. The fraction of sp³-hybridized carbons (Fsp3) is 0.625. The fourth-order valence-corrected chi connectivity index (χ4v) is 3.37. The van der Waals surface area contributed by atoms with Crippen molar-refractivity contribution >= 4 is 11.8 Å². The molecule has 1 aromatic rings. The van der Waals surface area contributed by atoms with Crippen LogP contribution in [0, 0.1) is 0 Å². The molecule has 0 aliphatic carbocycles. The Balaban J connectivity index is 1.81. The number of hydrogen-bond acceptors (Lipinski definition) is 3. The average Bonchev–Trinajstić information content (AvgIpc) is 2.47. The number of thioether (sulfide) groups is 1. The summed E-state index contributed by atoms with van der Waals surface area (Å²) in [5, 5.41) is 3.44. The minimum Gasteiger partial charge on any atom is -0.377 e. The molecule has 1 saturated heterocycles. The highest BCUT2D eigenvalue weighted by Crippen LogP contribution is 2.25. The molecule has 1 aliphatic heterocycles. The van der Waals surface area contributed by atoms with E-state index in [2.05, 4.69) is 43.4 Å². The summed E-state index contributed by atoms with van der Waals surface area (Å²) in [6.07, 6.45) is 4.24. The van der Waals surface area contributed by atoms with E-state index in [1.807, 2.05) is 11.8 Å². The second kappa shape index (κ2) is 7.93. The van der Waals surface area contributed by atoms with E-state index in [0.717, 1.165) is 18.9 Å². The summed E-state index contributed by atoms with van der Waals surface area (Å²) in [7, 11) is 0. The predicted octanol–water partition coefficient (Wildman–Crippen LogP) is 4.02. The summed E-state index contributed by atoms with van der Waals surface area (Å²) in [5.74, 6) is 1.09. The molecule has 0 bridgehead atoms. The Morgan fingerprint density at radius 2 is 2.11 bits per heavy atom. The van der Waals surface area contributed by atoms with E-state index in [-0.39, 0.29) is 0 Å². The van der Waals surface area contributed by atoms with Gasteiger partial charge in [-0.2, -0.15) is 0 Å². The Kier molecular flexibility index (Phi) is 6.21. The third-order valence-corrected chi connectivity index (χ3v) is 4.74. The molecule has 2 atom stereocenters. The quantitative estimate of drug-likeness (QED) is 0.795. The number of nitrogens with one attached hydrogen (secondary N) is 1. The van der Waals surface area contributed by atoms with Gasteiger partial charge in [-0.15, -0.1) is 11.8 Å². The molecule has 2 unspecified atom stereocenters. The molecule has 19 heavy (non-hydrogen) atoms. The molecule has 1 N–H and O–H groups in total. The first-order valence-corrected chi connectivity index (χ1v) is 8.36. The molecular formula is C16H25NOS. The van der Waals surface area contributed by atoms with Crippen molar-refractivity contribution in [2.75, 3.05) is 18.9 Å². The lowest BCUT2D eigenvalue weighted by Crippen LogP contribution is -2.21. The van der Waals surface area contributed by atoms with E-state index in [1.165, 1.54) is 29.7 Å². The normalized spacial score (nSPS) is 21.3. The monoisotopic (exact) mass is 279 g/mol. The van der Waals surface area contributed by atoms with Crippen molar-refractivity contribution in [3.8, 4) is 0 Å². The van der Waals surface area contributed by atoms with Crippen LogP contribution < -0.4 is 5.32 Å². The lowest BCUT2D eigenvalue weighted by Gasteiger charge is -2.22. The van der Waals surface area contributed by atoms with Crippen LogP contribution in [0.1, 0.15) is 44.7 Å². The molecule has 1 fully saturated rings. The predicted molar refractivity (Wildman–Crippen MR) is 82.8 cm³/mol. The molecular weight excluding hydrogens is 254 g/mol. The van der Waals surface area contributed by atoms with Crippen LogP contribution in [-0.4, -0.2) is 25.0 Å². The minimum absolute atomic E-state index is 0.436. The second-order valence-electron chi connectivity index (χ2n) is 5.15. The Morgan fingerprint density at radius 3 is 2.74 bits per heavy atom. The average molecular weight is 279 g/mol. The van der Waals surface area contributed by atoms with Gasteiger partial charge in [0.25, 0.3) is 0 Å². The minimum atomic E-state index is 0.436. The third-order valence-electron chi connectivity index (χ3n) is 3.60. The van der Waals surface area contributed by atoms with Crippen molar-refractivity contribution in [2.45, 2.75) is 50.2 Å². The standard InChI is InChI=1S/C16H25NOS/c1-3-17-13(2)14-7-9-16(10-8-14)19-12-15-6-4-5-11-18-15/h7-10,13,15,17H,3-6,11-12H2,1-2H3. The van der Waals surface area contributed by atoms with Gasteiger partial charge in [0.2, 0.25) is 0 Å². The Morgan fingerprint density at radius 1 is 1.32 bits per heavy atom. The molecule has 106 valence electrons. The van der Waals surface area contributed by atoms with Crippen molar-refractivity contribution in [1.29, 1.82) is 0 Å². The van der Waals surface area contributed by atoms with Gasteiger partial charge in [-0.25, -0.2) is 0 Å². The van der Waals surface area contributed by atoms with Gasteiger partial charge < -0.3 is 10.1 Å². The van der Waals surface area contributed by atoms with Crippen LogP contribution in [0.25, 0.3) is 0 Å². The summed E-state index contributed by atoms with van der Waals surface area (Å²) < 4.78 is 5.76. The van der Waals surface area contributed by atoms with Gasteiger partial charge >= 0.3 is 0 Å². The van der Waals surface area contributed by atoms with Crippen LogP contribution >= 0.6 is 11.8 Å². The van der Waals surface area contributed by atoms with Crippen molar-refractivity contribution in [3.05, 3.63) is 29.8 Å². The molecule has 2 rings (SSSR count). The smallest absolute Gasteiger partial charge is 0.0669 e. The summed E-state index contributed by atoms with van der Waals surface area (Å²) in [6.45, 7) is 6.31. The van der Waals surface area contributed by atoms with E-state index in [0.29, 0.717) is 12.1 Å². The maximum Gasteiger partial charge on any atom is 0.0669 e. The largest absolute Gasteiger partial charge is 0.377 e. The lowest BCUT2D eigenvalue weighted by atomic mass is 10.1. The highest BCUT2D eigenvalue weighted by Gasteiger charge is 2.13. The zero-order valence-electron chi connectivity index (χ0n) is 12.0. The van der Waals surface area contributed by atoms with Crippen molar-refractivity contribution in [2.24, 2.45) is 0 Å². The van der Waals surface area contributed by atoms with Gasteiger partial charge in [-0.1, -0.05) is 19.1 Å². The molecule has 0 aromatic heterocycles. The molecule has 1 aromatic carbocycles. The topological polar surface area (TPSA) is 21.3 Å². The van der Waals surface area contributed by atoms with Gasteiger partial charge in [0.1, 0.15) is 0 Å². The Bertz CT molecular complexity index is 360. The first-order chi connectivity index (χ1) is 9.29. The molecule has 0 radical (unpaired) electrons. The van der Waals surface area contributed by atoms with Gasteiger partial charge in [0.15, 0.2) is 0 Å². The summed E-state index contributed by atoms with van der Waals surface area (Å²) in [5.41, 5.74) is 1.36. The highest BCUT2D eigenvalue weighted by atomic mass is 32.2. The summed E-state index contributed by atoms with van der Waals surface area (Å²) >= 11 is 1.92. The van der Waals surface area contributed by atoms with Gasteiger partial charge in [0, 0.05) is 23.3 Å². The van der Waals surface area contributed by atoms with E-state index in [1.54, 1.807) is 0 Å². The van der Waals surface area contributed by atoms with Crippen LogP contribution in [0.15, 0.2) is 29.2 Å². The first-order valence-electron chi connectivity index (χ1n) is 7.37. The fourth-order valence-electron chi connectivity index (χ4n) is 2.40. The molecule has 2 nitrogen and oxygen atoms in total. The molecule has 0 saturated carbocycles. The highest BCUT2D eigenvalue weighted by molar-refractivity contribution is 7.99. The Hall–Kier alpha value is -0.510. The van der Waals surface area contributed by atoms with Crippen LogP contribution in [0.2, 0.25) is 0 Å². The molecule has 0 amide bonds. The third kappa shape index (κ3) is 4.83. The maximum atomic E-state index is 5.76. The van der Waals surface area contributed by atoms with E-state index in [9.17, 15) is 0 Å².